The first kappa shape index (κ1) is 13.3. The van der Waals surface area contributed by atoms with Crippen molar-refractivity contribution in [1.82, 2.24) is 0 Å². The normalized spacial score (nSPS) is 27.6. The Morgan fingerprint density at radius 3 is 2.33 bits per heavy atom. The van der Waals surface area contributed by atoms with Crippen LogP contribution in [-0.2, 0) is 19.3 Å². The highest BCUT2D eigenvalue weighted by molar-refractivity contribution is 5.66. The highest BCUT2D eigenvalue weighted by Gasteiger charge is 2.44. The maximum Gasteiger partial charge on any atom is 0.168 e. The summed E-state index contributed by atoms with van der Waals surface area (Å²) in [6.45, 7) is 4.15. The van der Waals surface area contributed by atoms with Crippen molar-refractivity contribution in [2.75, 3.05) is 7.11 Å². The van der Waals surface area contributed by atoms with Crippen molar-refractivity contribution in [2.45, 2.75) is 63.8 Å². The lowest BCUT2D eigenvalue weighted by atomic mass is 9.92. The van der Waals surface area contributed by atoms with Gasteiger partial charge in [0.15, 0.2) is 11.5 Å². The zero-order valence-electron chi connectivity index (χ0n) is 12.9. The smallest absolute Gasteiger partial charge is 0.168 e. The van der Waals surface area contributed by atoms with Crippen LogP contribution in [0.4, 0.5) is 0 Å². The van der Waals surface area contributed by atoms with Crippen LogP contribution in [0.25, 0.3) is 0 Å². The van der Waals surface area contributed by atoms with E-state index in [-0.39, 0.29) is 12.2 Å². The molecular weight excluding hydrogens is 268 g/mol. The third-order valence-electron chi connectivity index (χ3n) is 4.83. The molecule has 114 valence electrons. The molecule has 0 radical (unpaired) electrons. The zero-order valence-corrected chi connectivity index (χ0v) is 12.9. The molecule has 4 nitrogen and oxygen atoms in total. The number of aliphatic hydroxyl groups is 1. The number of methoxy groups -OCH3 is 1. The van der Waals surface area contributed by atoms with Gasteiger partial charge in [-0.1, -0.05) is 0 Å². The van der Waals surface area contributed by atoms with Crippen LogP contribution in [0.15, 0.2) is 0 Å². The molecule has 1 aliphatic carbocycles. The van der Waals surface area contributed by atoms with Gasteiger partial charge in [0.1, 0.15) is 18.0 Å². The van der Waals surface area contributed by atoms with Gasteiger partial charge in [-0.3, -0.25) is 0 Å². The molecule has 2 atom stereocenters. The Labute approximate surface area is 125 Å². The highest BCUT2D eigenvalue weighted by atomic mass is 16.5. The molecule has 1 aromatic carbocycles. The Kier molecular flexibility index (Phi) is 2.71. The molecule has 1 N–H and O–H groups in total. The van der Waals surface area contributed by atoms with E-state index in [1.807, 2.05) is 0 Å². The molecule has 2 heterocycles. The molecule has 4 heteroatoms. The zero-order chi connectivity index (χ0) is 14.8. The second-order valence-electron chi connectivity index (χ2n) is 6.79. The van der Waals surface area contributed by atoms with Gasteiger partial charge < -0.3 is 19.3 Å². The van der Waals surface area contributed by atoms with Gasteiger partial charge in [0, 0.05) is 36.0 Å². The van der Waals surface area contributed by atoms with Crippen LogP contribution >= 0.6 is 0 Å². The van der Waals surface area contributed by atoms with Gasteiger partial charge >= 0.3 is 0 Å². The molecule has 0 aromatic heterocycles. The third-order valence-corrected chi connectivity index (χ3v) is 4.83. The monoisotopic (exact) mass is 290 g/mol. The Balaban J connectivity index is 1.89. The van der Waals surface area contributed by atoms with Gasteiger partial charge in [-0.05, 0) is 26.7 Å². The largest absolute Gasteiger partial charge is 0.492 e. The summed E-state index contributed by atoms with van der Waals surface area (Å²) < 4.78 is 17.7. The van der Waals surface area contributed by atoms with Crippen LogP contribution in [0.3, 0.4) is 0 Å². The maximum atomic E-state index is 10.4. The molecule has 4 rings (SSSR count). The molecule has 1 fully saturated rings. The van der Waals surface area contributed by atoms with Crippen LogP contribution in [-0.4, -0.2) is 30.0 Å². The lowest BCUT2D eigenvalue weighted by molar-refractivity contribution is 0.148. The average Bonchev–Trinajstić information content (AvgIpc) is 2.83. The van der Waals surface area contributed by atoms with Crippen molar-refractivity contribution < 1.29 is 19.3 Å². The summed E-state index contributed by atoms with van der Waals surface area (Å²) in [6, 6.07) is 0. The van der Waals surface area contributed by atoms with E-state index >= 15 is 0 Å². The fraction of sp³-hybridized carbons (Fsp3) is 0.647. The van der Waals surface area contributed by atoms with Crippen LogP contribution in [0.1, 0.15) is 43.4 Å². The highest BCUT2D eigenvalue weighted by Crippen LogP contribution is 2.53. The summed E-state index contributed by atoms with van der Waals surface area (Å²) in [5.74, 6) is 2.65. The van der Waals surface area contributed by atoms with Gasteiger partial charge in [-0.15, -0.1) is 0 Å². The molecule has 1 saturated carbocycles. The molecule has 0 spiro atoms. The van der Waals surface area contributed by atoms with E-state index in [2.05, 4.69) is 13.8 Å². The van der Waals surface area contributed by atoms with Crippen LogP contribution in [0.5, 0.6) is 17.2 Å². The summed E-state index contributed by atoms with van der Waals surface area (Å²) in [7, 11) is 1.69. The van der Waals surface area contributed by atoms with Crippen molar-refractivity contribution in [2.24, 2.45) is 0 Å². The fourth-order valence-electron chi connectivity index (χ4n) is 3.62. The Morgan fingerprint density at radius 1 is 1.10 bits per heavy atom. The number of ether oxygens (including phenoxy) is 3. The lowest BCUT2D eigenvalue weighted by Gasteiger charge is -2.18. The molecule has 3 aliphatic rings. The van der Waals surface area contributed by atoms with E-state index in [1.54, 1.807) is 7.11 Å². The molecular formula is C17H22O4. The SMILES string of the molecule is COc1c2c(c(CC3(O)CC3)c3c1OC(C)C3)OC(C)C2. The van der Waals surface area contributed by atoms with Crippen LogP contribution in [0.2, 0.25) is 0 Å². The second-order valence-corrected chi connectivity index (χ2v) is 6.79. The van der Waals surface area contributed by atoms with E-state index in [0.29, 0.717) is 6.42 Å². The van der Waals surface area contributed by atoms with Crippen molar-refractivity contribution in [1.29, 1.82) is 0 Å². The average molecular weight is 290 g/mol. The Bertz CT molecular complexity index is 564. The minimum atomic E-state index is -0.531. The van der Waals surface area contributed by atoms with Crippen LogP contribution < -0.4 is 14.2 Å². The van der Waals surface area contributed by atoms with Gasteiger partial charge in [0.05, 0.1) is 12.7 Å². The molecule has 2 aliphatic heterocycles. The topological polar surface area (TPSA) is 47.9 Å². The summed E-state index contributed by atoms with van der Waals surface area (Å²) in [5, 5.41) is 10.4. The number of hydrogen-bond acceptors (Lipinski definition) is 4. The second kappa shape index (κ2) is 4.29. The Hall–Kier alpha value is -1.42. The van der Waals surface area contributed by atoms with Crippen molar-refractivity contribution >= 4 is 0 Å². The summed E-state index contributed by atoms with van der Waals surface area (Å²) in [5.41, 5.74) is 2.90. The van der Waals surface area contributed by atoms with E-state index in [4.69, 9.17) is 14.2 Å². The summed E-state index contributed by atoms with van der Waals surface area (Å²) >= 11 is 0. The number of fused-ring (bicyclic) bond motifs is 2. The number of hydrogen-bond donors (Lipinski definition) is 1. The molecule has 21 heavy (non-hydrogen) atoms. The molecule has 2 unspecified atom stereocenters. The van der Waals surface area contributed by atoms with Gasteiger partial charge in [-0.2, -0.15) is 0 Å². The predicted octanol–water partition coefficient (Wildman–Crippen LogP) is 2.41. The number of rotatable bonds is 3. The maximum absolute atomic E-state index is 10.4. The predicted molar refractivity (Wildman–Crippen MR) is 78.5 cm³/mol. The molecule has 0 bridgehead atoms. The quantitative estimate of drug-likeness (QED) is 0.928. The summed E-state index contributed by atoms with van der Waals surface area (Å²) in [6.07, 6.45) is 4.45. The Morgan fingerprint density at radius 2 is 1.71 bits per heavy atom. The first-order valence-corrected chi connectivity index (χ1v) is 7.81. The van der Waals surface area contributed by atoms with Crippen molar-refractivity contribution in [3.05, 3.63) is 16.7 Å². The molecule has 0 saturated heterocycles. The minimum Gasteiger partial charge on any atom is -0.492 e. The van der Waals surface area contributed by atoms with Crippen LogP contribution in [0, 0.1) is 0 Å². The van der Waals surface area contributed by atoms with Gasteiger partial charge in [0.25, 0.3) is 0 Å². The fourth-order valence-corrected chi connectivity index (χ4v) is 3.62. The first-order valence-electron chi connectivity index (χ1n) is 7.81. The van der Waals surface area contributed by atoms with Crippen molar-refractivity contribution in [3.63, 3.8) is 0 Å². The first-order chi connectivity index (χ1) is 10.0. The lowest BCUT2D eigenvalue weighted by Crippen LogP contribution is -2.14. The van der Waals surface area contributed by atoms with E-state index < -0.39 is 5.60 Å². The standard InChI is InChI=1S/C17H22O4/c1-9-6-11-13(8-17(18)4-5-17)14-12(7-10(2)20-14)15(19-3)16(11)21-9/h9-10,18H,4-8H2,1-3H3. The number of benzene rings is 1. The molecule has 1 aromatic rings. The van der Waals surface area contributed by atoms with E-state index in [1.165, 1.54) is 5.56 Å². The third kappa shape index (κ3) is 2.00. The van der Waals surface area contributed by atoms with Gasteiger partial charge in [0.2, 0.25) is 0 Å². The minimum absolute atomic E-state index is 0.154. The van der Waals surface area contributed by atoms with E-state index in [9.17, 15) is 5.11 Å². The summed E-state index contributed by atoms with van der Waals surface area (Å²) in [4.78, 5) is 0. The molecule has 0 amide bonds. The van der Waals surface area contributed by atoms with Crippen molar-refractivity contribution in [3.8, 4) is 17.2 Å². The van der Waals surface area contributed by atoms with E-state index in [0.717, 1.165) is 54.1 Å². The van der Waals surface area contributed by atoms with Gasteiger partial charge in [-0.25, -0.2) is 0 Å².